The van der Waals surface area contributed by atoms with Crippen LogP contribution in [0, 0.1) is 0 Å². The number of nitrogens with zero attached hydrogens (tertiary/aromatic N) is 3. The van der Waals surface area contributed by atoms with Crippen LogP contribution < -0.4 is 5.43 Å². The molecule has 2 heterocycles. The van der Waals surface area contributed by atoms with Crippen LogP contribution >= 0.6 is 0 Å². The highest BCUT2D eigenvalue weighted by molar-refractivity contribution is 5.85. The van der Waals surface area contributed by atoms with Gasteiger partial charge in [0.15, 0.2) is 0 Å². The molecule has 0 spiro atoms. The van der Waals surface area contributed by atoms with Gasteiger partial charge in [-0.3, -0.25) is 9.78 Å². The summed E-state index contributed by atoms with van der Waals surface area (Å²) in [5.41, 5.74) is 0.374. The third-order valence-corrected chi connectivity index (χ3v) is 2.86. The molecule has 0 amide bonds. The monoisotopic (exact) mass is 267 g/mol. The van der Waals surface area contributed by atoms with Gasteiger partial charge in [0, 0.05) is 23.8 Å². The number of pyridine rings is 1. The summed E-state index contributed by atoms with van der Waals surface area (Å²) < 4.78 is 1.36. The van der Waals surface area contributed by atoms with Crippen molar-refractivity contribution in [3.8, 4) is 5.69 Å². The van der Waals surface area contributed by atoms with Gasteiger partial charge in [-0.25, -0.2) is 9.48 Å². The van der Waals surface area contributed by atoms with E-state index in [1.807, 2.05) is 24.3 Å². The third kappa shape index (κ3) is 2.03. The molecule has 0 saturated carbocycles. The van der Waals surface area contributed by atoms with Crippen molar-refractivity contribution in [1.29, 1.82) is 0 Å². The number of carbonyl (C=O) groups is 1. The van der Waals surface area contributed by atoms with Gasteiger partial charge in [-0.2, -0.15) is 5.10 Å². The Morgan fingerprint density at radius 3 is 2.85 bits per heavy atom. The number of carboxylic acids is 1. The Morgan fingerprint density at radius 2 is 2.05 bits per heavy atom. The number of aromatic nitrogens is 3. The summed E-state index contributed by atoms with van der Waals surface area (Å²) in [4.78, 5) is 26.5. The summed E-state index contributed by atoms with van der Waals surface area (Å²) in [6.45, 7) is 0. The standard InChI is InChI=1S/C14H9N3O3/c18-12-5-7-17(16-13(12)14(19)20)10-3-4-11-9(8-10)2-1-6-15-11/h1-8H,(H,19,20). The summed E-state index contributed by atoms with van der Waals surface area (Å²) in [5.74, 6) is -1.34. The molecule has 1 N–H and O–H groups in total. The molecule has 0 fully saturated rings. The smallest absolute Gasteiger partial charge is 0.360 e. The number of hydrogen-bond acceptors (Lipinski definition) is 4. The van der Waals surface area contributed by atoms with Crippen LogP contribution in [-0.2, 0) is 0 Å². The second-order valence-corrected chi connectivity index (χ2v) is 4.16. The molecule has 0 aliphatic rings. The van der Waals surface area contributed by atoms with E-state index in [4.69, 9.17) is 5.11 Å². The second-order valence-electron chi connectivity index (χ2n) is 4.16. The third-order valence-electron chi connectivity index (χ3n) is 2.86. The van der Waals surface area contributed by atoms with Gasteiger partial charge in [0.1, 0.15) is 0 Å². The molecule has 98 valence electrons. The molecular weight excluding hydrogens is 258 g/mol. The first-order valence-electron chi connectivity index (χ1n) is 5.83. The second kappa shape index (κ2) is 4.58. The summed E-state index contributed by atoms with van der Waals surface area (Å²) in [5, 5.41) is 13.7. The number of fused-ring (bicyclic) bond motifs is 1. The van der Waals surface area contributed by atoms with Crippen LogP contribution in [0.1, 0.15) is 10.5 Å². The minimum Gasteiger partial charge on any atom is -0.476 e. The van der Waals surface area contributed by atoms with Crippen molar-refractivity contribution in [2.75, 3.05) is 0 Å². The van der Waals surface area contributed by atoms with Crippen LogP contribution in [-0.4, -0.2) is 25.8 Å². The zero-order valence-corrected chi connectivity index (χ0v) is 10.2. The Hall–Kier alpha value is -3.02. The van der Waals surface area contributed by atoms with Gasteiger partial charge in [0.2, 0.25) is 11.1 Å². The van der Waals surface area contributed by atoms with Crippen LogP contribution in [0.4, 0.5) is 0 Å². The maximum Gasteiger partial charge on any atom is 0.360 e. The van der Waals surface area contributed by atoms with Crippen LogP contribution in [0.5, 0.6) is 0 Å². The van der Waals surface area contributed by atoms with E-state index >= 15 is 0 Å². The first-order valence-corrected chi connectivity index (χ1v) is 5.83. The number of aromatic carboxylic acids is 1. The van der Waals surface area contributed by atoms with Crippen molar-refractivity contribution in [2.45, 2.75) is 0 Å². The molecule has 0 aliphatic carbocycles. The average Bonchev–Trinajstić information content (AvgIpc) is 2.47. The highest BCUT2D eigenvalue weighted by Gasteiger charge is 2.11. The largest absolute Gasteiger partial charge is 0.476 e. The van der Waals surface area contributed by atoms with Crippen molar-refractivity contribution in [3.63, 3.8) is 0 Å². The van der Waals surface area contributed by atoms with E-state index in [0.717, 1.165) is 10.9 Å². The number of rotatable bonds is 2. The number of hydrogen-bond donors (Lipinski definition) is 1. The van der Waals surface area contributed by atoms with E-state index in [9.17, 15) is 9.59 Å². The van der Waals surface area contributed by atoms with Gasteiger partial charge in [0.25, 0.3) is 0 Å². The molecule has 3 aromatic rings. The fourth-order valence-electron chi connectivity index (χ4n) is 1.91. The SMILES string of the molecule is O=C(O)c1nn(-c2ccc3ncccc3c2)ccc1=O. The molecule has 0 saturated heterocycles. The van der Waals surface area contributed by atoms with E-state index in [2.05, 4.69) is 10.1 Å². The quantitative estimate of drug-likeness (QED) is 0.760. The Kier molecular flexibility index (Phi) is 2.76. The van der Waals surface area contributed by atoms with Crippen molar-refractivity contribution < 1.29 is 9.90 Å². The lowest BCUT2D eigenvalue weighted by Gasteiger charge is -2.06. The fraction of sp³-hybridized carbons (Fsp3) is 0. The predicted octanol–water partition coefficient (Wildman–Crippen LogP) is 1.48. The Labute approximate surface area is 112 Å². The van der Waals surface area contributed by atoms with Gasteiger partial charge in [-0.05, 0) is 24.3 Å². The van der Waals surface area contributed by atoms with E-state index in [-0.39, 0.29) is 0 Å². The van der Waals surface area contributed by atoms with E-state index in [1.54, 1.807) is 12.3 Å². The van der Waals surface area contributed by atoms with E-state index < -0.39 is 17.1 Å². The van der Waals surface area contributed by atoms with Crippen LogP contribution in [0.25, 0.3) is 16.6 Å². The van der Waals surface area contributed by atoms with Gasteiger partial charge >= 0.3 is 5.97 Å². The average molecular weight is 267 g/mol. The topological polar surface area (TPSA) is 85.1 Å². The van der Waals surface area contributed by atoms with Crippen molar-refractivity contribution >= 4 is 16.9 Å². The molecular formula is C14H9N3O3. The van der Waals surface area contributed by atoms with Crippen LogP contribution in [0.2, 0.25) is 0 Å². The van der Waals surface area contributed by atoms with Crippen LogP contribution in [0.15, 0.2) is 53.6 Å². The zero-order chi connectivity index (χ0) is 14.1. The Balaban J connectivity index is 2.18. The summed E-state index contributed by atoms with van der Waals surface area (Å²) in [6, 6.07) is 10.3. The fourth-order valence-corrected chi connectivity index (χ4v) is 1.91. The molecule has 20 heavy (non-hydrogen) atoms. The maximum absolute atomic E-state index is 11.4. The molecule has 1 aromatic carbocycles. The minimum atomic E-state index is -1.34. The first kappa shape index (κ1) is 12.0. The summed E-state index contributed by atoms with van der Waals surface area (Å²) >= 11 is 0. The first-order chi connectivity index (χ1) is 9.65. The van der Waals surface area contributed by atoms with E-state index in [1.165, 1.54) is 16.9 Å². The van der Waals surface area contributed by atoms with Crippen molar-refractivity contribution in [3.05, 3.63) is 64.7 Å². The summed E-state index contributed by atoms with van der Waals surface area (Å²) in [7, 11) is 0. The molecule has 0 atom stereocenters. The Bertz CT molecular complexity index is 871. The zero-order valence-electron chi connectivity index (χ0n) is 10.2. The molecule has 0 unspecified atom stereocenters. The predicted molar refractivity (Wildman–Crippen MR) is 72.1 cm³/mol. The van der Waals surface area contributed by atoms with Gasteiger partial charge in [-0.1, -0.05) is 6.07 Å². The Morgan fingerprint density at radius 1 is 1.20 bits per heavy atom. The number of benzene rings is 1. The number of carboxylic acid groups (broad SMARTS) is 1. The molecule has 0 bridgehead atoms. The lowest BCUT2D eigenvalue weighted by atomic mass is 10.2. The van der Waals surface area contributed by atoms with Gasteiger partial charge in [0.05, 0.1) is 11.2 Å². The van der Waals surface area contributed by atoms with Gasteiger partial charge < -0.3 is 5.11 Å². The maximum atomic E-state index is 11.4. The van der Waals surface area contributed by atoms with Crippen LogP contribution in [0.3, 0.4) is 0 Å². The van der Waals surface area contributed by atoms with Gasteiger partial charge in [-0.15, -0.1) is 0 Å². The minimum absolute atomic E-state index is 0.501. The molecule has 6 heteroatoms. The highest BCUT2D eigenvalue weighted by atomic mass is 16.4. The van der Waals surface area contributed by atoms with Crippen molar-refractivity contribution in [1.82, 2.24) is 14.8 Å². The molecule has 3 rings (SSSR count). The molecule has 0 aliphatic heterocycles. The molecule has 0 radical (unpaired) electrons. The van der Waals surface area contributed by atoms with Crippen molar-refractivity contribution in [2.24, 2.45) is 0 Å². The molecule has 2 aromatic heterocycles. The normalized spacial score (nSPS) is 10.6. The highest BCUT2D eigenvalue weighted by Crippen LogP contribution is 2.15. The molecule has 6 nitrogen and oxygen atoms in total. The lowest BCUT2D eigenvalue weighted by molar-refractivity contribution is 0.0687. The lowest BCUT2D eigenvalue weighted by Crippen LogP contribution is -2.20. The summed E-state index contributed by atoms with van der Waals surface area (Å²) in [6.07, 6.45) is 3.13. The van der Waals surface area contributed by atoms with E-state index in [0.29, 0.717) is 5.69 Å².